The first-order chi connectivity index (χ1) is 7.49. The van der Waals surface area contributed by atoms with E-state index in [1.807, 2.05) is 13.8 Å². The highest BCUT2D eigenvalue weighted by atomic mass is 16.1. The molecule has 0 radical (unpaired) electrons. The second-order valence-electron chi connectivity index (χ2n) is 4.37. The Hall–Kier alpha value is -1.57. The van der Waals surface area contributed by atoms with Gasteiger partial charge < -0.3 is 5.32 Å². The summed E-state index contributed by atoms with van der Waals surface area (Å²) in [5, 5.41) is 2.88. The molecule has 0 aliphatic carbocycles. The Kier molecular flexibility index (Phi) is 4.29. The third-order valence-corrected chi connectivity index (χ3v) is 2.37. The molecule has 0 saturated carbocycles. The smallest absolute Gasteiger partial charge is 0.244 e. The first kappa shape index (κ1) is 12.5. The van der Waals surface area contributed by atoms with Crippen molar-refractivity contribution in [2.75, 3.05) is 0 Å². The molecule has 0 spiro atoms. The van der Waals surface area contributed by atoms with Gasteiger partial charge in [0.2, 0.25) is 5.91 Å². The van der Waals surface area contributed by atoms with Gasteiger partial charge in [-0.3, -0.25) is 4.79 Å². The van der Waals surface area contributed by atoms with Crippen molar-refractivity contribution >= 4 is 5.91 Å². The van der Waals surface area contributed by atoms with Gasteiger partial charge in [-0.1, -0.05) is 29.3 Å². The molecule has 1 rings (SSSR count). The molecule has 2 heteroatoms. The third kappa shape index (κ3) is 3.89. The van der Waals surface area contributed by atoms with Gasteiger partial charge in [0, 0.05) is 12.6 Å². The number of benzene rings is 1. The molecule has 1 amide bonds. The molecule has 86 valence electrons. The van der Waals surface area contributed by atoms with E-state index in [4.69, 9.17) is 0 Å². The van der Waals surface area contributed by atoms with E-state index in [-0.39, 0.29) is 5.91 Å². The summed E-state index contributed by atoms with van der Waals surface area (Å²) in [6.45, 7) is 8.55. The van der Waals surface area contributed by atoms with Crippen molar-refractivity contribution in [3.63, 3.8) is 0 Å². The zero-order chi connectivity index (χ0) is 12.1. The number of hydrogen-bond acceptors (Lipinski definition) is 1. The van der Waals surface area contributed by atoms with Crippen LogP contribution in [-0.4, -0.2) is 5.91 Å². The number of amides is 1. The summed E-state index contributed by atoms with van der Waals surface area (Å²) in [5.41, 5.74) is 4.65. The van der Waals surface area contributed by atoms with Crippen LogP contribution in [0.5, 0.6) is 0 Å². The predicted octanol–water partition coefficient (Wildman–Crippen LogP) is 2.89. The minimum Gasteiger partial charge on any atom is -0.348 e. The number of carbonyl (C=O) groups is 1. The molecular weight excluding hydrogens is 198 g/mol. The fourth-order valence-corrected chi connectivity index (χ4v) is 1.54. The number of allylic oxidation sites excluding steroid dienone is 1. The van der Waals surface area contributed by atoms with Crippen molar-refractivity contribution in [1.29, 1.82) is 0 Å². The Morgan fingerprint density at radius 3 is 2.56 bits per heavy atom. The number of carbonyl (C=O) groups excluding carboxylic acids is 1. The quantitative estimate of drug-likeness (QED) is 0.775. The van der Waals surface area contributed by atoms with Crippen molar-refractivity contribution in [3.8, 4) is 0 Å². The molecule has 1 aromatic rings. The molecule has 0 unspecified atom stereocenters. The lowest BCUT2D eigenvalue weighted by Gasteiger charge is -2.07. The van der Waals surface area contributed by atoms with Gasteiger partial charge in [0.05, 0.1) is 0 Å². The van der Waals surface area contributed by atoms with E-state index < -0.39 is 0 Å². The fraction of sp³-hybridized carbons (Fsp3) is 0.357. The van der Waals surface area contributed by atoms with Crippen molar-refractivity contribution in [3.05, 3.63) is 46.5 Å². The second kappa shape index (κ2) is 5.50. The Balaban J connectivity index is 2.62. The second-order valence-corrected chi connectivity index (χ2v) is 4.37. The summed E-state index contributed by atoms with van der Waals surface area (Å²) < 4.78 is 0. The van der Waals surface area contributed by atoms with Crippen LogP contribution >= 0.6 is 0 Å². The topological polar surface area (TPSA) is 29.1 Å². The zero-order valence-corrected chi connectivity index (χ0v) is 10.4. The van der Waals surface area contributed by atoms with Crippen molar-refractivity contribution in [2.45, 2.75) is 34.2 Å². The van der Waals surface area contributed by atoms with Crippen LogP contribution in [0.2, 0.25) is 0 Å². The van der Waals surface area contributed by atoms with Crippen LogP contribution in [0.4, 0.5) is 0 Å². The van der Waals surface area contributed by atoms with E-state index >= 15 is 0 Å². The number of aryl methyl sites for hydroxylation is 2. The van der Waals surface area contributed by atoms with Gasteiger partial charge in [-0.25, -0.2) is 0 Å². The molecule has 2 nitrogen and oxygen atoms in total. The van der Waals surface area contributed by atoms with Crippen LogP contribution in [0.25, 0.3) is 0 Å². The average Bonchev–Trinajstić information content (AvgIpc) is 2.15. The largest absolute Gasteiger partial charge is 0.348 e. The van der Waals surface area contributed by atoms with Crippen molar-refractivity contribution < 1.29 is 4.79 Å². The highest BCUT2D eigenvalue weighted by molar-refractivity contribution is 5.87. The Labute approximate surface area is 97.4 Å². The highest BCUT2D eigenvalue weighted by Gasteiger charge is 2.00. The molecule has 0 heterocycles. The minimum atomic E-state index is -0.0278. The Bertz CT molecular complexity index is 415. The average molecular weight is 217 g/mol. The van der Waals surface area contributed by atoms with Crippen LogP contribution in [0, 0.1) is 13.8 Å². The number of nitrogens with one attached hydrogen (secondary N) is 1. The molecule has 0 aliphatic heterocycles. The standard InChI is InChI=1S/C14H19NO/c1-10(2)7-14(16)15-9-13-6-5-11(3)8-12(13)4/h5-8H,9H2,1-4H3,(H,15,16). The van der Waals surface area contributed by atoms with Crippen LogP contribution in [-0.2, 0) is 11.3 Å². The summed E-state index contributed by atoms with van der Waals surface area (Å²) in [7, 11) is 0. The number of hydrogen-bond donors (Lipinski definition) is 1. The third-order valence-electron chi connectivity index (χ3n) is 2.37. The van der Waals surface area contributed by atoms with Gasteiger partial charge in [0.1, 0.15) is 0 Å². The van der Waals surface area contributed by atoms with Gasteiger partial charge in [-0.15, -0.1) is 0 Å². The zero-order valence-electron chi connectivity index (χ0n) is 10.4. The van der Waals surface area contributed by atoms with Crippen LogP contribution in [0.15, 0.2) is 29.8 Å². The molecule has 0 aromatic heterocycles. The maximum atomic E-state index is 11.4. The molecular formula is C14H19NO. The van der Waals surface area contributed by atoms with Crippen LogP contribution in [0.3, 0.4) is 0 Å². The molecule has 1 aromatic carbocycles. The Morgan fingerprint density at radius 1 is 1.31 bits per heavy atom. The van der Waals surface area contributed by atoms with Crippen LogP contribution < -0.4 is 5.32 Å². The molecule has 0 bridgehead atoms. The van der Waals surface area contributed by atoms with E-state index in [1.165, 1.54) is 16.7 Å². The van der Waals surface area contributed by atoms with E-state index in [0.717, 1.165) is 5.57 Å². The lowest BCUT2D eigenvalue weighted by atomic mass is 10.1. The maximum Gasteiger partial charge on any atom is 0.244 e. The first-order valence-electron chi connectivity index (χ1n) is 5.48. The molecule has 16 heavy (non-hydrogen) atoms. The minimum absolute atomic E-state index is 0.0278. The van der Waals surface area contributed by atoms with Gasteiger partial charge in [0.25, 0.3) is 0 Å². The molecule has 0 fully saturated rings. The van der Waals surface area contributed by atoms with Crippen LogP contribution in [0.1, 0.15) is 30.5 Å². The van der Waals surface area contributed by atoms with Crippen molar-refractivity contribution in [1.82, 2.24) is 5.32 Å². The SMILES string of the molecule is CC(C)=CC(=O)NCc1ccc(C)cc1C. The van der Waals surface area contributed by atoms with E-state index in [0.29, 0.717) is 6.54 Å². The van der Waals surface area contributed by atoms with E-state index in [2.05, 4.69) is 37.4 Å². The highest BCUT2D eigenvalue weighted by Crippen LogP contribution is 2.09. The lowest BCUT2D eigenvalue weighted by molar-refractivity contribution is -0.116. The monoisotopic (exact) mass is 217 g/mol. The molecule has 1 N–H and O–H groups in total. The molecule has 0 saturated heterocycles. The maximum absolute atomic E-state index is 11.4. The van der Waals surface area contributed by atoms with E-state index in [9.17, 15) is 4.79 Å². The summed E-state index contributed by atoms with van der Waals surface area (Å²) in [6, 6.07) is 6.26. The normalized spacial score (nSPS) is 9.75. The van der Waals surface area contributed by atoms with Gasteiger partial charge in [-0.05, 0) is 38.8 Å². The predicted molar refractivity (Wildman–Crippen MR) is 67.2 cm³/mol. The van der Waals surface area contributed by atoms with E-state index in [1.54, 1.807) is 6.08 Å². The van der Waals surface area contributed by atoms with Gasteiger partial charge >= 0.3 is 0 Å². The van der Waals surface area contributed by atoms with Gasteiger partial charge in [0.15, 0.2) is 0 Å². The summed E-state index contributed by atoms with van der Waals surface area (Å²) in [6.07, 6.45) is 1.61. The Morgan fingerprint density at radius 2 is 2.00 bits per heavy atom. The summed E-state index contributed by atoms with van der Waals surface area (Å²) >= 11 is 0. The molecule has 0 aliphatic rings. The summed E-state index contributed by atoms with van der Waals surface area (Å²) in [4.78, 5) is 11.4. The fourth-order valence-electron chi connectivity index (χ4n) is 1.54. The summed E-state index contributed by atoms with van der Waals surface area (Å²) in [5.74, 6) is -0.0278. The first-order valence-corrected chi connectivity index (χ1v) is 5.48. The molecule has 0 atom stereocenters. The van der Waals surface area contributed by atoms with Gasteiger partial charge in [-0.2, -0.15) is 0 Å². The number of rotatable bonds is 3. The lowest BCUT2D eigenvalue weighted by Crippen LogP contribution is -2.21. The van der Waals surface area contributed by atoms with Crippen molar-refractivity contribution in [2.24, 2.45) is 0 Å².